The van der Waals surface area contributed by atoms with Crippen molar-refractivity contribution in [3.05, 3.63) is 59.4 Å². The van der Waals surface area contributed by atoms with Crippen molar-refractivity contribution >= 4 is 11.8 Å². The van der Waals surface area contributed by atoms with Gasteiger partial charge in [-0.25, -0.2) is 13.2 Å². The van der Waals surface area contributed by atoms with Crippen LogP contribution >= 0.6 is 11.8 Å². The molecule has 2 rings (SSSR count). The lowest BCUT2D eigenvalue weighted by Crippen LogP contribution is -1.93. The molecule has 94 valence electrons. The van der Waals surface area contributed by atoms with Crippen LogP contribution in [0.25, 0.3) is 0 Å². The molecule has 0 aliphatic rings. The summed E-state index contributed by atoms with van der Waals surface area (Å²) in [4.78, 5) is 0.414. The Bertz CT molecular complexity index is 572. The third-order valence-electron chi connectivity index (χ3n) is 2.35. The maximum atomic E-state index is 13.4. The summed E-state index contributed by atoms with van der Waals surface area (Å²) in [6.07, 6.45) is 0. The largest absolute Gasteiger partial charge is 0.392 e. The molecule has 0 spiro atoms. The average Bonchev–Trinajstić information content (AvgIpc) is 2.34. The van der Waals surface area contributed by atoms with Crippen molar-refractivity contribution in [3.8, 4) is 0 Å². The minimum atomic E-state index is -0.588. The van der Waals surface area contributed by atoms with Crippen molar-refractivity contribution in [2.45, 2.75) is 16.4 Å². The van der Waals surface area contributed by atoms with E-state index >= 15 is 0 Å². The van der Waals surface area contributed by atoms with Gasteiger partial charge in [0.25, 0.3) is 0 Å². The van der Waals surface area contributed by atoms with Gasteiger partial charge in [-0.3, -0.25) is 0 Å². The van der Waals surface area contributed by atoms with Gasteiger partial charge in [0.1, 0.15) is 17.5 Å². The van der Waals surface area contributed by atoms with Crippen molar-refractivity contribution in [2.75, 3.05) is 0 Å². The van der Waals surface area contributed by atoms with Gasteiger partial charge in [-0.1, -0.05) is 17.8 Å². The topological polar surface area (TPSA) is 20.2 Å². The van der Waals surface area contributed by atoms with Crippen LogP contribution in [0.3, 0.4) is 0 Å². The second-order valence-corrected chi connectivity index (χ2v) is 4.64. The number of hydrogen-bond acceptors (Lipinski definition) is 2. The maximum absolute atomic E-state index is 13.4. The highest BCUT2D eigenvalue weighted by atomic mass is 32.2. The Hall–Kier alpha value is -1.46. The second kappa shape index (κ2) is 5.46. The van der Waals surface area contributed by atoms with E-state index in [-0.39, 0.29) is 10.5 Å². The Kier molecular flexibility index (Phi) is 3.93. The van der Waals surface area contributed by atoms with Crippen LogP contribution in [0.15, 0.2) is 46.2 Å². The molecule has 0 amide bonds. The van der Waals surface area contributed by atoms with Crippen LogP contribution in [-0.2, 0) is 6.61 Å². The Morgan fingerprint density at radius 3 is 2.44 bits per heavy atom. The minimum Gasteiger partial charge on any atom is -0.392 e. The van der Waals surface area contributed by atoms with Crippen LogP contribution in [0.1, 0.15) is 5.56 Å². The average molecular weight is 270 g/mol. The second-order valence-electron chi connectivity index (χ2n) is 3.55. The Labute approximate surface area is 106 Å². The van der Waals surface area contributed by atoms with Gasteiger partial charge in [-0.2, -0.15) is 0 Å². The van der Waals surface area contributed by atoms with E-state index in [4.69, 9.17) is 5.11 Å². The molecular weight excluding hydrogens is 261 g/mol. The normalized spacial score (nSPS) is 10.7. The van der Waals surface area contributed by atoms with Crippen LogP contribution in [0.4, 0.5) is 13.2 Å². The van der Waals surface area contributed by atoms with Gasteiger partial charge in [0.05, 0.1) is 11.5 Å². The summed E-state index contributed by atoms with van der Waals surface area (Å²) in [6.45, 7) is -0.494. The van der Waals surface area contributed by atoms with E-state index in [1.807, 2.05) is 0 Å². The molecule has 0 heterocycles. The molecule has 0 unspecified atom stereocenters. The molecule has 0 fully saturated rings. The molecule has 1 N–H and O–H groups in total. The standard InChI is InChI=1S/C13H9F3OS/c14-8-4-5-11(16)13(6-8)18-12-3-1-2-10(15)9(12)7-17/h1-6,17H,7H2. The molecule has 0 saturated carbocycles. The van der Waals surface area contributed by atoms with E-state index in [0.717, 1.165) is 30.0 Å². The van der Waals surface area contributed by atoms with E-state index in [0.29, 0.717) is 4.90 Å². The van der Waals surface area contributed by atoms with Crippen molar-refractivity contribution in [1.82, 2.24) is 0 Å². The van der Waals surface area contributed by atoms with E-state index < -0.39 is 24.1 Å². The van der Waals surface area contributed by atoms with Crippen LogP contribution in [-0.4, -0.2) is 5.11 Å². The van der Waals surface area contributed by atoms with Crippen molar-refractivity contribution in [1.29, 1.82) is 0 Å². The molecule has 0 aliphatic heterocycles. The zero-order valence-corrected chi connectivity index (χ0v) is 9.98. The highest BCUT2D eigenvalue weighted by molar-refractivity contribution is 7.99. The molecule has 2 aromatic rings. The van der Waals surface area contributed by atoms with E-state index in [2.05, 4.69) is 0 Å². The van der Waals surface area contributed by atoms with Gasteiger partial charge in [0.2, 0.25) is 0 Å². The van der Waals surface area contributed by atoms with Gasteiger partial charge < -0.3 is 5.11 Å². The van der Waals surface area contributed by atoms with Gasteiger partial charge in [-0.15, -0.1) is 0 Å². The van der Waals surface area contributed by atoms with Crippen molar-refractivity contribution in [2.24, 2.45) is 0 Å². The monoisotopic (exact) mass is 270 g/mol. The summed E-state index contributed by atoms with van der Waals surface area (Å²) in [5.74, 6) is -1.73. The molecule has 0 aliphatic carbocycles. The predicted molar refractivity (Wildman–Crippen MR) is 62.8 cm³/mol. The van der Waals surface area contributed by atoms with Gasteiger partial charge >= 0.3 is 0 Å². The lowest BCUT2D eigenvalue weighted by Gasteiger charge is -2.08. The molecule has 2 aromatic carbocycles. The highest BCUT2D eigenvalue weighted by Crippen LogP contribution is 2.33. The summed E-state index contributed by atoms with van der Waals surface area (Å²) in [5.41, 5.74) is 0.0751. The minimum absolute atomic E-state index is 0.0512. The van der Waals surface area contributed by atoms with Crippen LogP contribution < -0.4 is 0 Å². The Morgan fingerprint density at radius 1 is 0.944 bits per heavy atom. The first-order valence-electron chi connectivity index (χ1n) is 5.13. The van der Waals surface area contributed by atoms with E-state index in [9.17, 15) is 13.2 Å². The van der Waals surface area contributed by atoms with Crippen LogP contribution in [0.2, 0.25) is 0 Å². The number of aliphatic hydroxyl groups excluding tert-OH is 1. The first-order valence-corrected chi connectivity index (χ1v) is 5.94. The molecule has 0 saturated heterocycles. The zero-order valence-electron chi connectivity index (χ0n) is 9.16. The zero-order chi connectivity index (χ0) is 13.1. The van der Waals surface area contributed by atoms with Crippen molar-refractivity contribution < 1.29 is 18.3 Å². The summed E-state index contributed by atoms with van der Waals surface area (Å²) >= 11 is 0.879. The summed E-state index contributed by atoms with van der Waals surface area (Å²) in [6, 6.07) is 7.26. The molecule has 5 heteroatoms. The number of aliphatic hydroxyl groups is 1. The molecule has 0 bridgehead atoms. The number of rotatable bonds is 3. The van der Waals surface area contributed by atoms with Gasteiger partial charge in [-0.05, 0) is 30.3 Å². The fraction of sp³-hybridized carbons (Fsp3) is 0.0769. The third-order valence-corrected chi connectivity index (χ3v) is 3.48. The Morgan fingerprint density at radius 2 is 1.72 bits per heavy atom. The number of hydrogen-bond donors (Lipinski definition) is 1. The van der Waals surface area contributed by atoms with Crippen molar-refractivity contribution in [3.63, 3.8) is 0 Å². The summed E-state index contributed by atoms with van der Waals surface area (Å²) < 4.78 is 39.8. The van der Waals surface area contributed by atoms with E-state index in [1.165, 1.54) is 12.1 Å². The highest BCUT2D eigenvalue weighted by Gasteiger charge is 2.11. The molecule has 0 radical (unpaired) electrons. The quantitative estimate of drug-likeness (QED) is 0.916. The summed E-state index contributed by atoms with van der Waals surface area (Å²) in [5, 5.41) is 9.08. The van der Waals surface area contributed by atoms with Crippen LogP contribution in [0.5, 0.6) is 0 Å². The third kappa shape index (κ3) is 2.68. The molecule has 0 atom stereocenters. The smallest absolute Gasteiger partial charge is 0.137 e. The molecule has 1 nitrogen and oxygen atoms in total. The fourth-order valence-electron chi connectivity index (χ4n) is 1.46. The maximum Gasteiger partial charge on any atom is 0.137 e. The number of benzene rings is 2. The summed E-state index contributed by atoms with van der Waals surface area (Å²) in [7, 11) is 0. The number of halogens is 3. The van der Waals surface area contributed by atoms with Gasteiger partial charge in [0, 0.05) is 10.5 Å². The lowest BCUT2D eigenvalue weighted by atomic mass is 10.2. The Balaban J connectivity index is 2.40. The lowest BCUT2D eigenvalue weighted by molar-refractivity contribution is 0.272. The molecule has 18 heavy (non-hydrogen) atoms. The molecular formula is C13H9F3OS. The first kappa shape index (κ1) is 13.0. The first-order chi connectivity index (χ1) is 8.61. The predicted octanol–water partition coefficient (Wildman–Crippen LogP) is 3.75. The van der Waals surface area contributed by atoms with E-state index in [1.54, 1.807) is 6.07 Å². The van der Waals surface area contributed by atoms with Crippen LogP contribution in [0, 0.1) is 17.5 Å². The SMILES string of the molecule is OCc1c(F)cccc1Sc1cc(F)ccc1F. The fourth-order valence-corrected chi connectivity index (χ4v) is 2.47. The molecule has 0 aromatic heterocycles. The van der Waals surface area contributed by atoms with Gasteiger partial charge in [0.15, 0.2) is 0 Å².